The molecule has 0 unspecified atom stereocenters. The highest BCUT2D eigenvalue weighted by Gasteiger charge is 2.11. The van der Waals surface area contributed by atoms with Gasteiger partial charge in [-0.25, -0.2) is 0 Å². The summed E-state index contributed by atoms with van der Waals surface area (Å²) in [6.07, 6.45) is 1.80. The summed E-state index contributed by atoms with van der Waals surface area (Å²) in [7, 11) is 1.65. The Morgan fingerprint density at radius 3 is 2.94 bits per heavy atom. The highest BCUT2D eigenvalue weighted by Crippen LogP contribution is 2.18. The van der Waals surface area contributed by atoms with Crippen molar-refractivity contribution in [2.75, 3.05) is 25.2 Å². The predicted octanol–water partition coefficient (Wildman–Crippen LogP) is 0.464. The van der Waals surface area contributed by atoms with Crippen LogP contribution in [0.1, 0.15) is 12.8 Å². The maximum absolute atomic E-state index is 10.5. The van der Waals surface area contributed by atoms with Gasteiger partial charge in [0.25, 0.3) is 0 Å². The second-order valence-electron chi connectivity index (χ2n) is 3.37. The number of carboxylic acids is 1. The molecular weight excluding hydrogens is 244 g/mol. The molecule has 8 heteroatoms. The molecule has 0 amide bonds. The number of thioether (sulfide) groups is 1. The maximum Gasteiger partial charge on any atom is 0.313 e. The zero-order valence-corrected chi connectivity index (χ0v) is 10.4. The highest BCUT2D eigenvalue weighted by atomic mass is 32.2. The molecule has 1 heterocycles. The summed E-state index contributed by atoms with van der Waals surface area (Å²) in [6.45, 7) is 1.36. The molecule has 1 aromatic rings. The molecule has 0 bridgehead atoms. The first-order valence-corrected chi connectivity index (χ1v) is 6.16. The van der Waals surface area contributed by atoms with Gasteiger partial charge in [0, 0.05) is 20.3 Å². The van der Waals surface area contributed by atoms with Crippen LogP contribution in [0.25, 0.3) is 0 Å². The van der Waals surface area contributed by atoms with Crippen LogP contribution in [0.3, 0.4) is 0 Å². The molecule has 0 aliphatic rings. The lowest BCUT2D eigenvalue weighted by molar-refractivity contribution is -0.133. The molecule has 0 saturated heterocycles. The van der Waals surface area contributed by atoms with Crippen LogP contribution in [0.15, 0.2) is 5.16 Å². The van der Waals surface area contributed by atoms with E-state index in [9.17, 15) is 4.79 Å². The van der Waals surface area contributed by atoms with Crippen molar-refractivity contribution in [2.24, 2.45) is 0 Å². The summed E-state index contributed by atoms with van der Waals surface area (Å²) in [6, 6.07) is 0. The van der Waals surface area contributed by atoms with E-state index in [1.54, 1.807) is 11.7 Å². The number of hydrogen-bond acceptors (Lipinski definition) is 6. The van der Waals surface area contributed by atoms with E-state index in [0.717, 1.165) is 24.6 Å². The number of hydrogen-bond donors (Lipinski definition) is 2. The van der Waals surface area contributed by atoms with E-state index in [2.05, 4.69) is 10.2 Å². The van der Waals surface area contributed by atoms with E-state index in [-0.39, 0.29) is 5.75 Å². The summed E-state index contributed by atoms with van der Waals surface area (Å²) in [5.41, 5.74) is 5.66. The van der Waals surface area contributed by atoms with Crippen molar-refractivity contribution in [1.82, 2.24) is 14.8 Å². The number of carboxylic acid groups (broad SMARTS) is 1. The van der Waals surface area contributed by atoms with Gasteiger partial charge in [0.2, 0.25) is 5.95 Å². The molecule has 0 radical (unpaired) electrons. The Kier molecular flexibility index (Phi) is 5.78. The Hall–Kier alpha value is -1.28. The molecule has 1 rings (SSSR count). The molecule has 7 nitrogen and oxygen atoms in total. The number of rotatable bonds is 8. The summed E-state index contributed by atoms with van der Waals surface area (Å²) >= 11 is 1.12. The summed E-state index contributed by atoms with van der Waals surface area (Å²) in [5.74, 6) is -0.617. The number of anilines is 1. The number of aromatic nitrogens is 3. The van der Waals surface area contributed by atoms with Gasteiger partial charge in [0.15, 0.2) is 5.16 Å². The van der Waals surface area contributed by atoms with Gasteiger partial charge in [-0.15, -0.1) is 10.2 Å². The van der Waals surface area contributed by atoms with Gasteiger partial charge in [-0.1, -0.05) is 11.8 Å². The third kappa shape index (κ3) is 4.61. The molecule has 0 spiro atoms. The second kappa shape index (κ2) is 7.13. The van der Waals surface area contributed by atoms with Gasteiger partial charge in [0.1, 0.15) is 0 Å². The molecule has 0 atom stereocenters. The molecular formula is C9H16N4O3S. The van der Waals surface area contributed by atoms with E-state index < -0.39 is 5.97 Å². The van der Waals surface area contributed by atoms with Crippen molar-refractivity contribution in [3.8, 4) is 0 Å². The zero-order chi connectivity index (χ0) is 12.7. The molecule has 0 aromatic carbocycles. The predicted molar refractivity (Wildman–Crippen MR) is 63.9 cm³/mol. The minimum Gasteiger partial charge on any atom is -0.481 e. The second-order valence-corrected chi connectivity index (χ2v) is 4.32. The van der Waals surface area contributed by atoms with E-state index >= 15 is 0 Å². The van der Waals surface area contributed by atoms with Crippen LogP contribution >= 0.6 is 11.8 Å². The molecule has 17 heavy (non-hydrogen) atoms. The number of aliphatic carboxylic acids is 1. The number of nitrogen functional groups attached to an aromatic ring is 1. The highest BCUT2D eigenvalue weighted by molar-refractivity contribution is 7.99. The summed E-state index contributed by atoms with van der Waals surface area (Å²) in [4.78, 5) is 10.5. The normalized spacial score (nSPS) is 10.6. The summed E-state index contributed by atoms with van der Waals surface area (Å²) < 4.78 is 6.67. The average Bonchev–Trinajstić information content (AvgIpc) is 2.63. The molecule has 0 fully saturated rings. The number of carbonyl (C=O) groups is 1. The van der Waals surface area contributed by atoms with Gasteiger partial charge < -0.3 is 15.6 Å². The Bertz CT molecular complexity index is 369. The lowest BCUT2D eigenvalue weighted by Crippen LogP contribution is -2.07. The molecule has 0 saturated carbocycles. The van der Waals surface area contributed by atoms with Gasteiger partial charge in [-0.05, 0) is 12.8 Å². The van der Waals surface area contributed by atoms with Crippen LogP contribution in [0.5, 0.6) is 0 Å². The monoisotopic (exact) mass is 260 g/mol. The lowest BCUT2D eigenvalue weighted by atomic mass is 10.3. The van der Waals surface area contributed by atoms with Gasteiger partial charge in [-0.2, -0.15) is 0 Å². The van der Waals surface area contributed by atoms with E-state index in [1.807, 2.05) is 0 Å². The Morgan fingerprint density at radius 1 is 1.53 bits per heavy atom. The van der Waals surface area contributed by atoms with Gasteiger partial charge >= 0.3 is 5.97 Å². The van der Waals surface area contributed by atoms with Crippen molar-refractivity contribution in [1.29, 1.82) is 0 Å². The van der Waals surface area contributed by atoms with Gasteiger partial charge in [-0.3, -0.25) is 9.36 Å². The summed E-state index contributed by atoms with van der Waals surface area (Å²) in [5, 5.41) is 16.7. The third-order valence-corrected chi connectivity index (χ3v) is 3.00. The molecule has 96 valence electrons. The van der Waals surface area contributed by atoms with Crippen LogP contribution in [0, 0.1) is 0 Å². The van der Waals surface area contributed by atoms with Gasteiger partial charge in [0.05, 0.1) is 5.75 Å². The zero-order valence-electron chi connectivity index (χ0n) is 9.63. The number of unbranched alkanes of at least 4 members (excludes halogenated alkanes) is 1. The van der Waals surface area contributed by atoms with Crippen molar-refractivity contribution in [3.05, 3.63) is 0 Å². The fraction of sp³-hybridized carbons (Fsp3) is 0.667. The third-order valence-electron chi connectivity index (χ3n) is 2.05. The average molecular weight is 260 g/mol. The number of methoxy groups -OCH3 is 1. The Balaban J connectivity index is 2.50. The van der Waals surface area contributed by atoms with Crippen LogP contribution < -0.4 is 5.73 Å². The lowest BCUT2D eigenvalue weighted by Gasteiger charge is -2.06. The first kappa shape index (κ1) is 13.8. The van der Waals surface area contributed by atoms with Crippen LogP contribution in [-0.2, 0) is 16.1 Å². The molecule has 1 aromatic heterocycles. The topological polar surface area (TPSA) is 103 Å². The number of nitrogens with zero attached hydrogens (tertiary/aromatic N) is 3. The van der Waals surface area contributed by atoms with E-state index in [4.69, 9.17) is 15.6 Å². The number of ether oxygens (including phenoxy) is 1. The molecule has 0 aliphatic heterocycles. The minimum absolute atomic E-state index is 0.0454. The minimum atomic E-state index is -0.887. The first-order chi connectivity index (χ1) is 8.15. The number of nitrogens with two attached hydrogens (primary N) is 1. The molecule has 0 aliphatic carbocycles. The smallest absolute Gasteiger partial charge is 0.313 e. The SMILES string of the molecule is COCCCCn1c(N)nnc1SCC(=O)O. The quantitative estimate of drug-likeness (QED) is 0.517. The Morgan fingerprint density at radius 2 is 2.29 bits per heavy atom. The van der Waals surface area contributed by atoms with E-state index in [0.29, 0.717) is 24.3 Å². The fourth-order valence-electron chi connectivity index (χ4n) is 1.26. The maximum atomic E-state index is 10.5. The van der Waals surface area contributed by atoms with E-state index in [1.165, 1.54) is 0 Å². The largest absolute Gasteiger partial charge is 0.481 e. The van der Waals surface area contributed by atoms with Crippen LogP contribution in [0.4, 0.5) is 5.95 Å². The van der Waals surface area contributed by atoms with Crippen molar-refractivity contribution < 1.29 is 14.6 Å². The van der Waals surface area contributed by atoms with Crippen molar-refractivity contribution in [2.45, 2.75) is 24.5 Å². The van der Waals surface area contributed by atoms with Crippen molar-refractivity contribution >= 4 is 23.7 Å². The Labute approximate surface area is 103 Å². The van der Waals surface area contributed by atoms with Crippen molar-refractivity contribution in [3.63, 3.8) is 0 Å². The fourth-order valence-corrected chi connectivity index (χ4v) is 1.95. The molecule has 3 N–H and O–H groups in total. The standard InChI is InChI=1S/C9H16N4O3S/c1-16-5-3-2-4-13-8(10)11-12-9(13)17-6-7(14)15/h2-6H2,1H3,(H2,10,11)(H,14,15). The van der Waals surface area contributed by atoms with Crippen LogP contribution in [-0.4, -0.2) is 45.3 Å². The van der Waals surface area contributed by atoms with Crippen LogP contribution in [0.2, 0.25) is 0 Å². The first-order valence-electron chi connectivity index (χ1n) is 5.17.